The SMILES string of the molecule is COCc1cncc(-c2ccc(F)cc2)c1. The maximum Gasteiger partial charge on any atom is 0.123 e. The van der Waals surface area contributed by atoms with Gasteiger partial charge in [0.05, 0.1) is 6.61 Å². The zero-order valence-electron chi connectivity index (χ0n) is 8.98. The molecule has 0 bridgehead atoms. The van der Waals surface area contributed by atoms with Gasteiger partial charge in [-0.05, 0) is 29.3 Å². The van der Waals surface area contributed by atoms with Crippen LogP contribution in [0.4, 0.5) is 4.39 Å². The number of aromatic nitrogens is 1. The molecular formula is C13H12FNO. The van der Waals surface area contributed by atoms with Gasteiger partial charge in [-0.2, -0.15) is 0 Å². The van der Waals surface area contributed by atoms with E-state index < -0.39 is 0 Å². The van der Waals surface area contributed by atoms with Crippen molar-refractivity contribution in [2.24, 2.45) is 0 Å². The fourth-order valence-electron chi connectivity index (χ4n) is 1.53. The summed E-state index contributed by atoms with van der Waals surface area (Å²) in [4.78, 5) is 4.13. The second-order valence-electron chi connectivity index (χ2n) is 3.52. The lowest BCUT2D eigenvalue weighted by Crippen LogP contribution is -1.90. The van der Waals surface area contributed by atoms with E-state index in [4.69, 9.17) is 4.74 Å². The first-order valence-corrected chi connectivity index (χ1v) is 4.98. The molecule has 0 aliphatic carbocycles. The molecule has 0 atom stereocenters. The van der Waals surface area contributed by atoms with E-state index >= 15 is 0 Å². The second-order valence-corrected chi connectivity index (χ2v) is 3.52. The van der Waals surface area contributed by atoms with Gasteiger partial charge in [0.25, 0.3) is 0 Å². The molecule has 0 aliphatic heterocycles. The smallest absolute Gasteiger partial charge is 0.123 e. The van der Waals surface area contributed by atoms with Crippen molar-refractivity contribution in [1.29, 1.82) is 0 Å². The van der Waals surface area contributed by atoms with Crippen molar-refractivity contribution >= 4 is 0 Å². The lowest BCUT2D eigenvalue weighted by atomic mass is 10.1. The van der Waals surface area contributed by atoms with E-state index in [1.807, 2.05) is 6.07 Å². The van der Waals surface area contributed by atoms with Gasteiger partial charge in [0.15, 0.2) is 0 Å². The Bertz CT molecular complexity index is 468. The van der Waals surface area contributed by atoms with Crippen LogP contribution in [0.15, 0.2) is 42.7 Å². The Morgan fingerprint density at radius 2 is 1.88 bits per heavy atom. The average molecular weight is 217 g/mol. The Morgan fingerprint density at radius 3 is 2.56 bits per heavy atom. The van der Waals surface area contributed by atoms with Crippen molar-refractivity contribution in [1.82, 2.24) is 4.98 Å². The van der Waals surface area contributed by atoms with Crippen LogP contribution in [0.25, 0.3) is 11.1 Å². The molecule has 0 spiro atoms. The van der Waals surface area contributed by atoms with Crippen LogP contribution < -0.4 is 0 Å². The quantitative estimate of drug-likeness (QED) is 0.788. The lowest BCUT2D eigenvalue weighted by molar-refractivity contribution is 0.184. The first kappa shape index (κ1) is 10.8. The molecule has 0 radical (unpaired) electrons. The van der Waals surface area contributed by atoms with Crippen molar-refractivity contribution in [3.05, 3.63) is 54.1 Å². The molecule has 1 heterocycles. The molecule has 0 amide bonds. The first-order valence-electron chi connectivity index (χ1n) is 4.98. The Morgan fingerprint density at radius 1 is 1.12 bits per heavy atom. The van der Waals surface area contributed by atoms with Gasteiger partial charge in [0, 0.05) is 25.1 Å². The highest BCUT2D eigenvalue weighted by molar-refractivity contribution is 5.62. The summed E-state index contributed by atoms with van der Waals surface area (Å²) in [5, 5.41) is 0. The number of benzene rings is 1. The molecular weight excluding hydrogens is 205 g/mol. The number of hydrogen-bond acceptors (Lipinski definition) is 2. The molecule has 16 heavy (non-hydrogen) atoms. The molecule has 1 aromatic heterocycles. The van der Waals surface area contributed by atoms with Gasteiger partial charge in [-0.15, -0.1) is 0 Å². The minimum Gasteiger partial charge on any atom is -0.380 e. The fourth-order valence-corrected chi connectivity index (χ4v) is 1.53. The van der Waals surface area contributed by atoms with Gasteiger partial charge >= 0.3 is 0 Å². The van der Waals surface area contributed by atoms with Gasteiger partial charge in [0.2, 0.25) is 0 Å². The van der Waals surface area contributed by atoms with Crippen LogP contribution in [0.5, 0.6) is 0 Å². The fraction of sp³-hybridized carbons (Fsp3) is 0.154. The molecule has 3 heteroatoms. The summed E-state index contributed by atoms with van der Waals surface area (Å²) in [6.45, 7) is 0.530. The molecule has 0 N–H and O–H groups in total. The lowest BCUT2D eigenvalue weighted by Gasteiger charge is -2.04. The molecule has 0 unspecified atom stereocenters. The number of ether oxygens (including phenoxy) is 1. The maximum absolute atomic E-state index is 12.8. The van der Waals surface area contributed by atoms with Gasteiger partial charge in [-0.25, -0.2) is 4.39 Å². The van der Waals surface area contributed by atoms with E-state index in [0.717, 1.165) is 16.7 Å². The third kappa shape index (κ3) is 2.44. The van der Waals surface area contributed by atoms with Crippen molar-refractivity contribution in [3.63, 3.8) is 0 Å². The van der Waals surface area contributed by atoms with Crippen LogP contribution in [0.2, 0.25) is 0 Å². The third-order valence-electron chi connectivity index (χ3n) is 2.28. The summed E-state index contributed by atoms with van der Waals surface area (Å²) in [6, 6.07) is 8.35. The summed E-state index contributed by atoms with van der Waals surface area (Å²) in [5.74, 6) is -0.232. The molecule has 0 fully saturated rings. The number of hydrogen-bond donors (Lipinski definition) is 0. The zero-order valence-corrected chi connectivity index (χ0v) is 8.98. The second kappa shape index (κ2) is 4.86. The van der Waals surface area contributed by atoms with Gasteiger partial charge in [-0.3, -0.25) is 4.98 Å². The molecule has 2 nitrogen and oxygen atoms in total. The zero-order chi connectivity index (χ0) is 11.4. The molecule has 0 saturated heterocycles. The number of rotatable bonds is 3. The van der Waals surface area contributed by atoms with E-state index in [0.29, 0.717) is 6.61 Å². The summed E-state index contributed by atoms with van der Waals surface area (Å²) in [7, 11) is 1.64. The molecule has 82 valence electrons. The molecule has 0 aliphatic rings. The van der Waals surface area contributed by atoms with Gasteiger partial charge in [0.1, 0.15) is 5.82 Å². The van der Waals surface area contributed by atoms with Crippen LogP contribution >= 0.6 is 0 Å². The molecule has 2 aromatic rings. The van der Waals surface area contributed by atoms with E-state index in [-0.39, 0.29) is 5.82 Å². The van der Waals surface area contributed by atoms with Crippen LogP contribution in [0, 0.1) is 5.82 Å². The Balaban J connectivity index is 2.32. The first-order chi connectivity index (χ1) is 7.79. The Kier molecular flexibility index (Phi) is 3.27. The largest absolute Gasteiger partial charge is 0.380 e. The van der Waals surface area contributed by atoms with E-state index in [2.05, 4.69) is 4.98 Å². The predicted molar refractivity (Wildman–Crippen MR) is 60.3 cm³/mol. The highest BCUT2D eigenvalue weighted by Gasteiger charge is 2.00. The van der Waals surface area contributed by atoms with Crippen LogP contribution in [0.3, 0.4) is 0 Å². The molecule has 2 rings (SSSR count). The summed E-state index contributed by atoms with van der Waals surface area (Å²) in [5.41, 5.74) is 2.92. The number of nitrogens with zero attached hydrogens (tertiary/aromatic N) is 1. The highest BCUT2D eigenvalue weighted by atomic mass is 19.1. The van der Waals surface area contributed by atoms with Crippen molar-refractivity contribution in [3.8, 4) is 11.1 Å². The number of halogens is 1. The minimum atomic E-state index is -0.232. The molecule has 0 saturated carbocycles. The monoisotopic (exact) mass is 217 g/mol. The topological polar surface area (TPSA) is 22.1 Å². The van der Waals surface area contributed by atoms with E-state index in [1.165, 1.54) is 12.1 Å². The van der Waals surface area contributed by atoms with Crippen LogP contribution in [-0.4, -0.2) is 12.1 Å². The van der Waals surface area contributed by atoms with Crippen LogP contribution in [0.1, 0.15) is 5.56 Å². The summed E-state index contributed by atoms with van der Waals surface area (Å²) in [6.07, 6.45) is 3.52. The summed E-state index contributed by atoms with van der Waals surface area (Å²) >= 11 is 0. The van der Waals surface area contributed by atoms with Gasteiger partial charge < -0.3 is 4.74 Å². The predicted octanol–water partition coefficient (Wildman–Crippen LogP) is 3.03. The number of methoxy groups -OCH3 is 1. The van der Waals surface area contributed by atoms with Crippen molar-refractivity contribution < 1.29 is 9.13 Å². The van der Waals surface area contributed by atoms with Crippen molar-refractivity contribution in [2.45, 2.75) is 6.61 Å². The number of pyridine rings is 1. The van der Waals surface area contributed by atoms with E-state index in [1.54, 1.807) is 31.6 Å². The van der Waals surface area contributed by atoms with Crippen LogP contribution in [-0.2, 0) is 11.3 Å². The van der Waals surface area contributed by atoms with Gasteiger partial charge in [-0.1, -0.05) is 12.1 Å². The molecule has 1 aromatic carbocycles. The average Bonchev–Trinajstić information content (AvgIpc) is 2.31. The van der Waals surface area contributed by atoms with E-state index in [9.17, 15) is 4.39 Å². The maximum atomic E-state index is 12.8. The minimum absolute atomic E-state index is 0.232. The normalized spacial score (nSPS) is 10.4. The third-order valence-corrected chi connectivity index (χ3v) is 2.28. The van der Waals surface area contributed by atoms with Crippen molar-refractivity contribution in [2.75, 3.05) is 7.11 Å². The highest BCUT2D eigenvalue weighted by Crippen LogP contribution is 2.19. The Hall–Kier alpha value is -1.74. The standard InChI is InChI=1S/C13H12FNO/c1-16-9-10-6-12(8-15-7-10)11-2-4-13(14)5-3-11/h2-8H,9H2,1H3. The summed E-state index contributed by atoms with van der Waals surface area (Å²) < 4.78 is 17.8. The Labute approximate surface area is 93.7 Å².